The number of imidazole rings is 1. The van der Waals surface area contributed by atoms with Crippen molar-refractivity contribution in [1.82, 2.24) is 24.5 Å². The van der Waals surface area contributed by atoms with Crippen LogP contribution in [0.5, 0.6) is 0 Å². The number of nitrogens with one attached hydrogen (secondary N) is 1. The number of rotatable bonds is 4. The summed E-state index contributed by atoms with van der Waals surface area (Å²) in [6, 6.07) is 15.0. The van der Waals surface area contributed by atoms with Crippen LogP contribution in [0.2, 0.25) is 0 Å². The van der Waals surface area contributed by atoms with E-state index in [1.807, 2.05) is 62.4 Å². The van der Waals surface area contributed by atoms with Gasteiger partial charge in [0.25, 0.3) is 11.8 Å². The Kier molecular flexibility index (Phi) is 4.51. The standard InChI is InChI=1S/C23H18N6O2/c1-14-8-9-24-18(11-14)21-27-23(31-28-21)16-7-6-15(2)17(12-16)26-22(30)19-13-25-20-5-3-4-10-29(19)20/h3-13H,1-2H3,(H,26,30). The Balaban J connectivity index is 1.44. The predicted molar refractivity (Wildman–Crippen MR) is 116 cm³/mol. The molecule has 0 aliphatic heterocycles. The Bertz CT molecular complexity index is 1420. The Morgan fingerprint density at radius 3 is 2.84 bits per heavy atom. The molecule has 4 heterocycles. The fourth-order valence-electron chi connectivity index (χ4n) is 3.28. The molecule has 0 unspecified atom stereocenters. The van der Waals surface area contributed by atoms with E-state index in [1.165, 1.54) is 0 Å². The summed E-state index contributed by atoms with van der Waals surface area (Å²) in [7, 11) is 0. The Hall–Kier alpha value is -4.33. The second-order valence-corrected chi connectivity index (χ2v) is 7.20. The van der Waals surface area contributed by atoms with Gasteiger partial charge < -0.3 is 9.84 Å². The van der Waals surface area contributed by atoms with Crippen LogP contribution in [0.25, 0.3) is 28.6 Å². The molecule has 0 saturated heterocycles. The van der Waals surface area contributed by atoms with Crippen LogP contribution in [0.15, 0.2) is 71.6 Å². The van der Waals surface area contributed by atoms with E-state index < -0.39 is 0 Å². The van der Waals surface area contributed by atoms with Gasteiger partial charge in [0.15, 0.2) is 0 Å². The Labute approximate surface area is 177 Å². The van der Waals surface area contributed by atoms with E-state index in [0.717, 1.165) is 11.1 Å². The second kappa shape index (κ2) is 7.49. The van der Waals surface area contributed by atoms with Crippen molar-refractivity contribution in [3.05, 3.63) is 83.9 Å². The van der Waals surface area contributed by atoms with Gasteiger partial charge in [0, 0.05) is 23.6 Å². The molecule has 0 radical (unpaired) electrons. The topological polar surface area (TPSA) is 98.2 Å². The van der Waals surface area contributed by atoms with Crippen molar-refractivity contribution in [3.8, 4) is 23.0 Å². The summed E-state index contributed by atoms with van der Waals surface area (Å²) < 4.78 is 7.19. The number of amides is 1. The highest BCUT2D eigenvalue weighted by Crippen LogP contribution is 2.26. The molecule has 0 bridgehead atoms. The lowest BCUT2D eigenvalue weighted by molar-refractivity contribution is 0.102. The molecular weight excluding hydrogens is 392 g/mol. The number of aryl methyl sites for hydroxylation is 2. The SMILES string of the molecule is Cc1ccnc(-c2noc(-c3ccc(C)c(NC(=O)c4cnc5ccccn45)c3)n2)c1. The van der Waals surface area contributed by atoms with Crippen LogP contribution in [0.1, 0.15) is 21.6 Å². The number of pyridine rings is 2. The van der Waals surface area contributed by atoms with E-state index >= 15 is 0 Å². The fraction of sp³-hybridized carbons (Fsp3) is 0.0870. The second-order valence-electron chi connectivity index (χ2n) is 7.20. The summed E-state index contributed by atoms with van der Waals surface area (Å²) >= 11 is 0. The molecule has 8 heteroatoms. The van der Waals surface area contributed by atoms with Gasteiger partial charge in [0.2, 0.25) is 5.82 Å². The smallest absolute Gasteiger partial charge is 0.274 e. The van der Waals surface area contributed by atoms with Gasteiger partial charge in [-0.05, 0) is 61.4 Å². The van der Waals surface area contributed by atoms with E-state index in [1.54, 1.807) is 23.0 Å². The molecule has 0 aliphatic carbocycles. The lowest BCUT2D eigenvalue weighted by atomic mass is 10.1. The van der Waals surface area contributed by atoms with Crippen molar-refractivity contribution in [3.63, 3.8) is 0 Å². The molecule has 0 aliphatic rings. The van der Waals surface area contributed by atoms with Gasteiger partial charge in [-0.1, -0.05) is 17.3 Å². The molecular formula is C23H18N6O2. The maximum Gasteiger partial charge on any atom is 0.274 e. The summed E-state index contributed by atoms with van der Waals surface area (Å²) in [5, 5.41) is 7.00. The number of hydrogen-bond donors (Lipinski definition) is 1. The third-order valence-corrected chi connectivity index (χ3v) is 4.95. The monoisotopic (exact) mass is 410 g/mol. The summed E-state index contributed by atoms with van der Waals surface area (Å²) in [5.41, 5.74) is 5.12. The molecule has 152 valence electrons. The quantitative estimate of drug-likeness (QED) is 0.474. The molecule has 0 fully saturated rings. The molecule has 1 aromatic carbocycles. The van der Waals surface area contributed by atoms with Crippen LogP contribution in [0.4, 0.5) is 5.69 Å². The van der Waals surface area contributed by atoms with Crippen molar-refractivity contribution < 1.29 is 9.32 Å². The zero-order chi connectivity index (χ0) is 21.4. The average Bonchev–Trinajstić information content (AvgIpc) is 3.43. The first-order valence-corrected chi connectivity index (χ1v) is 9.70. The van der Waals surface area contributed by atoms with Crippen LogP contribution in [-0.2, 0) is 0 Å². The first-order chi connectivity index (χ1) is 15.1. The first kappa shape index (κ1) is 18.7. The first-order valence-electron chi connectivity index (χ1n) is 9.70. The molecule has 0 atom stereocenters. The highest BCUT2D eigenvalue weighted by atomic mass is 16.5. The van der Waals surface area contributed by atoms with E-state index in [4.69, 9.17) is 4.52 Å². The molecule has 1 amide bonds. The van der Waals surface area contributed by atoms with Crippen LogP contribution < -0.4 is 5.32 Å². The van der Waals surface area contributed by atoms with Gasteiger partial charge >= 0.3 is 0 Å². The van der Waals surface area contributed by atoms with Gasteiger partial charge in [-0.25, -0.2) is 4.98 Å². The van der Waals surface area contributed by atoms with Crippen LogP contribution in [-0.4, -0.2) is 30.4 Å². The van der Waals surface area contributed by atoms with Crippen molar-refractivity contribution in [2.24, 2.45) is 0 Å². The van der Waals surface area contributed by atoms with Gasteiger partial charge in [-0.15, -0.1) is 0 Å². The van der Waals surface area contributed by atoms with Crippen LogP contribution in [0, 0.1) is 13.8 Å². The van der Waals surface area contributed by atoms with Gasteiger partial charge in [0.1, 0.15) is 17.0 Å². The van der Waals surface area contributed by atoms with Crippen LogP contribution >= 0.6 is 0 Å². The predicted octanol–water partition coefficient (Wildman–Crippen LogP) is 4.32. The molecule has 31 heavy (non-hydrogen) atoms. The molecule has 1 N–H and O–H groups in total. The minimum Gasteiger partial charge on any atom is -0.334 e. The fourth-order valence-corrected chi connectivity index (χ4v) is 3.28. The largest absolute Gasteiger partial charge is 0.334 e. The summed E-state index contributed by atoms with van der Waals surface area (Å²) in [6.07, 6.45) is 5.07. The lowest BCUT2D eigenvalue weighted by Crippen LogP contribution is -2.15. The number of carbonyl (C=O) groups excluding carboxylic acids is 1. The number of benzene rings is 1. The molecule has 0 spiro atoms. The maximum absolute atomic E-state index is 12.9. The average molecular weight is 410 g/mol. The number of aromatic nitrogens is 5. The summed E-state index contributed by atoms with van der Waals surface area (Å²) in [4.78, 5) is 25.9. The van der Waals surface area contributed by atoms with Crippen molar-refractivity contribution in [2.45, 2.75) is 13.8 Å². The molecule has 0 saturated carbocycles. The van der Waals surface area contributed by atoms with E-state index in [2.05, 4.69) is 25.4 Å². The number of nitrogens with zero attached hydrogens (tertiary/aromatic N) is 5. The zero-order valence-corrected chi connectivity index (χ0v) is 16.9. The Morgan fingerprint density at radius 2 is 1.97 bits per heavy atom. The van der Waals surface area contributed by atoms with Crippen molar-refractivity contribution in [1.29, 1.82) is 0 Å². The van der Waals surface area contributed by atoms with Crippen molar-refractivity contribution in [2.75, 3.05) is 5.32 Å². The number of carbonyl (C=O) groups is 1. The molecule has 5 rings (SSSR count). The summed E-state index contributed by atoms with van der Waals surface area (Å²) in [5.74, 6) is 0.508. The minimum atomic E-state index is -0.255. The highest BCUT2D eigenvalue weighted by molar-refractivity contribution is 6.04. The minimum absolute atomic E-state index is 0.255. The third kappa shape index (κ3) is 3.55. The normalized spacial score (nSPS) is 11.0. The van der Waals surface area contributed by atoms with Crippen LogP contribution in [0.3, 0.4) is 0 Å². The Morgan fingerprint density at radius 1 is 1.06 bits per heavy atom. The third-order valence-electron chi connectivity index (χ3n) is 4.95. The maximum atomic E-state index is 12.9. The lowest BCUT2D eigenvalue weighted by Gasteiger charge is -2.09. The van der Waals surface area contributed by atoms with Gasteiger partial charge in [-0.3, -0.25) is 14.2 Å². The highest BCUT2D eigenvalue weighted by Gasteiger charge is 2.16. The van der Waals surface area contributed by atoms with Crippen molar-refractivity contribution >= 4 is 17.2 Å². The number of fused-ring (bicyclic) bond motifs is 1. The zero-order valence-electron chi connectivity index (χ0n) is 16.9. The summed E-state index contributed by atoms with van der Waals surface area (Å²) in [6.45, 7) is 3.90. The molecule has 8 nitrogen and oxygen atoms in total. The van der Waals surface area contributed by atoms with Gasteiger partial charge in [-0.2, -0.15) is 4.98 Å². The van der Waals surface area contributed by atoms with E-state index in [9.17, 15) is 4.79 Å². The molecule has 5 aromatic rings. The number of anilines is 1. The van der Waals surface area contributed by atoms with Gasteiger partial charge in [0.05, 0.1) is 6.20 Å². The molecule has 4 aromatic heterocycles. The van der Waals surface area contributed by atoms with E-state index in [0.29, 0.717) is 40.0 Å². The number of hydrogen-bond acceptors (Lipinski definition) is 6. The van der Waals surface area contributed by atoms with E-state index in [-0.39, 0.29) is 5.91 Å².